The van der Waals surface area contributed by atoms with Crippen molar-refractivity contribution in [1.29, 1.82) is 0 Å². The Morgan fingerprint density at radius 2 is 0.911 bits per heavy atom. The zero-order valence-corrected chi connectivity index (χ0v) is 38.0. The Morgan fingerprint density at radius 1 is 0.536 bits per heavy atom. The van der Waals surface area contributed by atoms with Crippen LogP contribution in [0.15, 0.2) is 24.3 Å². The first-order valence-corrected chi connectivity index (χ1v) is 24.6. The topological polar surface area (TPSA) is 108 Å². The number of nitrogens with zero attached hydrogens (tertiary/aromatic N) is 1. The number of carbonyl (C=O) groups excluding carboxylic acids is 2. The third-order valence-corrected chi connectivity index (χ3v) is 10.9. The summed E-state index contributed by atoms with van der Waals surface area (Å²) in [6.45, 7) is 4.41. The normalized spacial score (nSPS) is 13.8. The highest BCUT2D eigenvalue weighted by Gasteiger charge is 2.27. The standard InChI is InChI=1S/C46H88NO8P/c1-6-8-10-12-14-16-18-20-22-23-25-26-28-30-32-34-36-38-45(48)52-42-44(43-54-56(50,51)53-41-40-47(3,4)5)55-46(49)39-37-35-33-31-29-27-24-21-19-17-15-13-11-9-7-2/h20,22,27,29,44H,6-19,21,23-26,28,30-43H2,1-5H3/p+1/b22-20+,29-27+/t44-/m1/s1. The van der Waals surface area contributed by atoms with E-state index in [1.807, 2.05) is 21.1 Å². The van der Waals surface area contributed by atoms with Crippen molar-refractivity contribution in [3.05, 3.63) is 24.3 Å². The predicted molar refractivity (Wildman–Crippen MR) is 234 cm³/mol. The van der Waals surface area contributed by atoms with Gasteiger partial charge in [0.25, 0.3) is 0 Å². The van der Waals surface area contributed by atoms with E-state index in [0.717, 1.165) is 44.9 Å². The molecule has 1 N–H and O–H groups in total. The molecule has 0 aromatic carbocycles. The van der Waals surface area contributed by atoms with Crippen LogP contribution >= 0.6 is 7.82 Å². The molecule has 0 aromatic heterocycles. The van der Waals surface area contributed by atoms with Crippen molar-refractivity contribution in [2.75, 3.05) is 47.5 Å². The van der Waals surface area contributed by atoms with E-state index in [1.165, 1.54) is 128 Å². The number of rotatable bonds is 42. The fourth-order valence-corrected chi connectivity index (χ4v) is 7.04. The number of phosphoric acid groups is 1. The van der Waals surface area contributed by atoms with Crippen molar-refractivity contribution in [1.82, 2.24) is 0 Å². The fraction of sp³-hybridized carbons (Fsp3) is 0.870. The van der Waals surface area contributed by atoms with Crippen LogP contribution in [0.25, 0.3) is 0 Å². The van der Waals surface area contributed by atoms with Crippen molar-refractivity contribution in [3.8, 4) is 0 Å². The molecule has 0 aliphatic rings. The minimum Gasteiger partial charge on any atom is -0.462 e. The Kier molecular flexibility index (Phi) is 37.9. The SMILES string of the molecule is CCCCCCCC/C=C/CCCCCCCCCC(=O)OC[C@H](COP(=O)(O)OCC[N+](C)(C)C)OC(=O)CCCCC/C=C/CCCCCCCCCC. The van der Waals surface area contributed by atoms with Crippen molar-refractivity contribution in [2.24, 2.45) is 0 Å². The monoisotopic (exact) mass is 815 g/mol. The molecular formula is C46H89NO8P+. The molecule has 0 heterocycles. The van der Waals surface area contributed by atoms with Gasteiger partial charge in [-0.3, -0.25) is 18.6 Å². The van der Waals surface area contributed by atoms with Crippen molar-refractivity contribution in [3.63, 3.8) is 0 Å². The molecule has 9 nitrogen and oxygen atoms in total. The van der Waals surface area contributed by atoms with Crippen LogP contribution in [0.4, 0.5) is 0 Å². The Labute approximate surface area is 345 Å². The molecule has 1 unspecified atom stereocenters. The summed E-state index contributed by atoms with van der Waals surface area (Å²) in [6.07, 6.45) is 42.2. The highest BCUT2D eigenvalue weighted by molar-refractivity contribution is 7.47. The van der Waals surface area contributed by atoms with Crippen molar-refractivity contribution < 1.29 is 42.1 Å². The van der Waals surface area contributed by atoms with Crippen LogP contribution in [0.5, 0.6) is 0 Å². The second kappa shape index (κ2) is 39.0. The van der Waals surface area contributed by atoms with Gasteiger partial charge in [0.05, 0.1) is 27.7 Å². The quantitative estimate of drug-likeness (QED) is 0.0213. The fourth-order valence-electron chi connectivity index (χ4n) is 6.30. The lowest BCUT2D eigenvalue weighted by Crippen LogP contribution is -2.37. The number of allylic oxidation sites excluding steroid dienone is 4. The summed E-state index contributed by atoms with van der Waals surface area (Å²) in [5.41, 5.74) is 0. The molecule has 0 saturated heterocycles. The van der Waals surface area contributed by atoms with Crippen molar-refractivity contribution >= 4 is 19.8 Å². The Balaban J connectivity index is 4.34. The number of unbranched alkanes of at least 4 members (excludes halogenated alkanes) is 24. The van der Waals surface area contributed by atoms with Gasteiger partial charge in [-0.1, -0.05) is 154 Å². The van der Waals surface area contributed by atoms with Crippen LogP contribution in [0.3, 0.4) is 0 Å². The first kappa shape index (κ1) is 54.5. The lowest BCUT2D eigenvalue weighted by molar-refractivity contribution is -0.870. The molecule has 0 bridgehead atoms. The van der Waals surface area contributed by atoms with E-state index in [2.05, 4.69) is 38.2 Å². The molecule has 0 aliphatic heterocycles. The lowest BCUT2D eigenvalue weighted by atomic mass is 10.1. The molecule has 56 heavy (non-hydrogen) atoms. The van der Waals surface area contributed by atoms with Gasteiger partial charge in [0, 0.05) is 12.8 Å². The number of likely N-dealkylation sites (N-methyl/N-ethyl adjacent to an activating group) is 1. The van der Waals surface area contributed by atoms with Crippen molar-refractivity contribution in [2.45, 2.75) is 213 Å². The second-order valence-corrected chi connectivity index (χ2v) is 18.2. The van der Waals surface area contributed by atoms with Crippen LogP contribution in [-0.4, -0.2) is 74.9 Å². The Morgan fingerprint density at radius 3 is 1.34 bits per heavy atom. The molecule has 0 aromatic rings. The van der Waals surface area contributed by atoms with Crippen LogP contribution < -0.4 is 0 Å². The van der Waals surface area contributed by atoms with E-state index in [1.54, 1.807) is 0 Å². The van der Waals surface area contributed by atoms with Gasteiger partial charge < -0.3 is 18.9 Å². The predicted octanol–water partition coefficient (Wildman–Crippen LogP) is 13.1. The summed E-state index contributed by atoms with van der Waals surface area (Å²) >= 11 is 0. The van der Waals surface area contributed by atoms with Gasteiger partial charge in [-0.05, 0) is 64.2 Å². The van der Waals surface area contributed by atoms with Gasteiger partial charge in [0.15, 0.2) is 6.10 Å². The van der Waals surface area contributed by atoms with E-state index in [4.69, 9.17) is 18.5 Å². The minimum absolute atomic E-state index is 0.0296. The summed E-state index contributed by atoms with van der Waals surface area (Å²) < 4.78 is 34.3. The average molecular weight is 815 g/mol. The molecule has 0 amide bonds. The summed E-state index contributed by atoms with van der Waals surface area (Å²) in [6, 6.07) is 0. The van der Waals surface area contributed by atoms with Crippen LogP contribution in [0.2, 0.25) is 0 Å². The molecule has 10 heteroatoms. The number of hydrogen-bond donors (Lipinski definition) is 1. The van der Waals surface area contributed by atoms with Gasteiger partial charge in [0.1, 0.15) is 19.8 Å². The number of ether oxygens (including phenoxy) is 2. The smallest absolute Gasteiger partial charge is 0.462 e. The maximum absolute atomic E-state index is 12.7. The highest BCUT2D eigenvalue weighted by Crippen LogP contribution is 2.43. The second-order valence-electron chi connectivity index (χ2n) is 16.8. The number of phosphoric ester groups is 1. The molecule has 0 radical (unpaired) electrons. The maximum Gasteiger partial charge on any atom is 0.472 e. The van der Waals surface area contributed by atoms with Gasteiger partial charge in [-0.25, -0.2) is 4.57 Å². The average Bonchev–Trinajstić information content (AvgIpc) is 3.15. The highest BCUT2D eigenvalue weighted by atomic mass is 31.2. The summed E-state index contributed by atoms with van der Waals surface area (Å²) in [7, 11) is 1.47. The first-order chi connectivity index (χ1) is 27.0. The molecule has 0 saturated carbocycles. The molecule has 2 atom stereocenters. The number of hydrogen-bond acceptors (Lipinski definition) is 7. The van der Waals surface area contributed by atoms with Gasteiger partial charge in [0.2, 0.25) is 0 Å². The summed E-state index contributed by atoms with van der Waals surface area (Å²) in [5, 5.41) is 0. The number of quaternary nitrogens is 1. The third-order valence-electron chi connectivity index (χ3n) is 9.95. The Bertz CT molecular complexity index is 1010. The lowest BCUT2D eigenvalue weighted by Gasteiger charge is -2.24. The zero-order chi connectivity index (χ0) is 41.4. The molecule has 0 fully saturated rings. The maximum atomic E-state index is 12.7. The minimum atomic E-state index is -4.38. The largest absolute Gasteiger partial charge is 0.472 e. The zero-order valence-electron chi connectivity index (χ0n) is 37.1. The van der Waals surface area contributed by atoms with E-state index in [0.29, 0.717) is 17.4 Å². The molecule has 330 valence electrons. The van der Waals surface area contributed by atoms with Crippen LogP contribution in [0.1, 0.15) is 206 Å². The van der Waals surface area contributed by atoms with Crippen LogP contribution in [0, 0.1) is 0 Å². The van der Waals surface area contributed by atoms with E-state index >= 15 is 0 Å². The Hall–Kier alpha value is -1.51. The molecule has 0 rings (SSSR count). The summed E-state index contributed by atoms with van der Waals surface area (Å²) in [4.78, 5) is 35.4. The number of esters is 2. The van der Waals surface area contributed by atoms with E-state index in [9.17, 15) is 19.0 Å². The molecule has 0 aliphatic carbocycles. The molecular weight excluding hydrogens is 725 g/mol. The third kappa shape index (κ3) is 42.1. The number of carbonyl (C=O) groups is 2. The van der Waals surface area contributed by atoms with Gasteiger partial charge in [-0.15, -0.1) is 0 Å². The summed E-state index contributed by atoms with van der Waals surface area (Å²) in [5.74, 6) is -0.816. The van der Waals surface area contributed by atoms with E-state index < -0.39 is 26.5 Å². The van der Waals surface area contributed by atoms with Crippen LogP contribution in [-0.2, 0) is 32.7 Å². The van der Waals surface area contributed by atoms with Gasteiger partial charge >= 0.3 is 19.8 Å². The van der Waals surface area contributed by atoms with E-state index in [-0.39, 0.29) is 32.0 Å². The molecule has 0 spiro atoms. The van der Waals surface area contributed by atoms with Gasteiger partial charge in [-0.2, -0.15) is 0 Å². The first-order valence-electron chi connectivity index (χ1n) is 23.1.